The van der Waals surface area contributed by atoms with Crippen molar-refractivity contribution in [3.8, 4) is 11.5 Å². The Balaban J connectivity index is 1.97. The average molecular weight is 340 g/mol. The molecule has 3 N–H and O–H groups in total. The van der Waals surface area contributed by atoms with E-state index in [0.717, 1.165) is 11.1 Å². The molecule has 6 heteroatoms. The van der Waals surface area contributed by atoms with E-state index >= 15 is 0 Å². The summed E-state index contributed by atoms with van der Waals surface area (Å²) in [6, 6.07) is 16.8. The van der Waals surface area contributed by atoms with E-state index in [-0.39, 0.29) is 11.5 Å². The first-order valence-corrected chi connectivity index (χ1v) is 7.54. The van der Waals surface area contributed by atoms with Crippen molar-refractivity contribution in [2.45, 2.75) is 0 Å². The molecule has 3 aromatic rings. The third-order valence-corrected chi connectivity index (χ3v) is 3.51. The highest BCUT2D eigenvalue weighted by molar-refractivity contribution is 6.30. The van der Waals surface area contributed by atoms with E-state index in [1.165, 1.54) is 6.20 Å². The summed E-state index contributed by atoms with van der Waals surface area (Å²) in [5.41, 5.74) is 5.15. The Hall–Kier alpha value is -3.05. The molecule has 0 bridgehead atoms. The quantitative estimate of drug-likeness (QED) is 0.495. The monoisotopic (exact) mass is 339 g/mol. The second kappa shape index (κ2) is 7.02. The van der Waals surface area contributed by atoms with Gasteiger partial charge in [-0.2, -0.15) is 5.10 Å². The minimum absolute atomic E-state index is 0.177. The first-order chi connectivity index (χ1) is 11.6. The van der Waals surface area contributed by atoms with Crippen molar-refractivity contribution in [3.05, 3.63) is 83.0 Å². The zero-order valence-electron chi connectivity index (χ0n) is 12.5. The van der Waals surface area contributed by atoms with E-state index in [9.17, 15) is 10.2 Å². The second-order valence-corrected chi connectivity index (χ2v) is 5.46. The molecule has 0 aliphatic rings. The van der Waals surface area contributed by atoms with Crippen molar-refractivity contribution in [1.29, 1.82) is 0 Å². The van der Waals surface area contributed by atoms with Crippen molar-refractivity contribution in [2.24, 2.45) is 5.10 Å². The molecule has 0 fully saturated rings. The molecule has 0 atom stereocenters. The topological polar surface area (TPSA) is 77.7 Å². The van der Waals surface area contributed by atoms with E-state index in [1.54, 1.807) is 60.7 Å². The average Bonchev–Trinajstić information content (AvgIpc) is 2.59. The summed E-state index contributed by atoms with van der Waals surface area (Å²) in [6.07, 6.45) is 1.53. The van der Waals surface area contributed by atoms with Gasteiger partial charge in [0.25, 0.3) is 0 Å². The highest BCUT2D eigenvalue weighted by Crippen LogP contribution is 2.18. The van der Waals surface area contributed by atoms with Crippen molar-refractivity contribution in [3.63, 3.8) is 0 Å². The van der Waals surface area contributed by atoms with Gasteiger partial charge < -0.3 is 10.2 Å². The maximum Gasteiger partial charge on any atom is 0.146 e. The van der Waals surface area contributed by atoms with Gasteiger partial charge in [0, 0.05) is 17.3 Å². The van der Waals surface area contributed by atoms with Crippen LogP contribution in [-0.2, 0) is 0 Å². The Morgan fingerprint density at radius 1 is 0.833 bits per heavy atom. The van der Waals surface area contributed by atoms with E-state index in [4.69, 9.17) is 11.6 Å². The lowest BCUT2D eigenvalue weighted by Crippen LogP contribution is -2.07. The molecule has 0 radical (unpaired) electrons. The van der Waals surface area contributed by atoms with Crippen molar-refractivity contribution < 1.29 is 10.2 Å². The number of nitrogens with one attached hydrogen (secondary N) is 1. The van der Waals surface area contributed by atoms with Crippen LogP contribution in [0.25, 0.3) is 0 Å². The first-order valence-electron chi connectivity index (χ1n) is 7.16. The van der Waals surface area contributed by atoms with E-state index in [0.29, 0.717) is 16.6 Å². The van der Waals surface area contributed by atoms with E-state index in [1.807, 2.05) is 0 Å². The molecule has 0 saturated heterocycles. The molecule has 0 aliphatic heterocycles. The van der Waals surface area contributed by atoms with Crippen molar-refractivity contribution in [2.75, 3.05) is 5.43 Å². The Bertz CT molecular complexity index is 797. The van der Waals surface area contributed by atoms with Gasteiger partial charge in [-0.3, -0.25) is 5.43 Å². The highest BCUT2D eigenvalue weighted by atomic mass is 35.5. The van der Waals surface area contributed by atoms with E-state index < -0.39 is 0 Å². The van der Waals surface area contributed by atoms with Crippen LogP contribution in [0.2, 0.25) is 5.02 Å². The van der Waals surface area contributed by atoms with Crippen molar-refractivity contribution >= 4 is 23.1 Å². The van der Waals surface area contributed by atoms with Crippen LogP contribution in [0, 0.1) is 0 Å². The molecule has 0 amide bonds. The van der Waals surface area contributed by atoms with Crippen LogP contribution in [0.1, 0.15) is 11.1 Å². The third-order valence-electron chi connectivity index (χ3n) is 3.29. The molecule has 24 heavy (non-hydrogen) atoms. The maximum absolute atomic E-state index is 9.47. The summed E-state index contributed by atoms with van der Waals surface area (Å²) < 4.78 is 0. The van der Waals surface area contributed by atoms with Crippen LogP contribution in [0.5, 0.6) is 11.5 Å². The number of hydrogen-bond acceptors (Lipinski definition) is 5. The predicted octanol–water partition coefficient (Wildman–Crippen LogP) is 4.01. The number of rotatable bonds is 4. The van der Waals surface area contributed by atoms with Gasteiger partial charge in [-0.05, 0) is 60.7 Å². The number of pyridine rings is 1. The highest BCUT2D eigenvalue weighted by Gasteiger charge is 2.08. The lowest BCUT2D eigenvalue weighted by molar-refractivity contribution is 0.475. The van der Waals surface area contributed by atoms with Gasteiger partial charge in [-0.25, -0.2) is 4.98 Å². The fourth-order valence-electron chi connectivity index (χ4n) is 2.09. The lowest BCUT2D eigenvalue weighted by Gasteiger charge is -2.09. The molecule has 0 unspecified atom stereocenters. The first kappa shape index (κ1) is 15.8. The molecule has 3 rings (SSSR count). The molecule has 0 aliphatic carbocycles. The predicted molar refractivity (Wildman–Crippen MR) is 94.7 cm³/mol. The summed E-state index contributed by atoms with van der Waals surface area (Å²) in [5, 5.41) is 23.9. The van der Waals surface area contributed by atoms with Crippen molar-refractivity contribution in [1.82, 2.24) is 4.98 Å². The third kappa shape index (κ3) is 3.83. The summed E-state index contributed by atoms with van der Waals surface area (Å²) in [7, 11) is 0. The van der Waals surface area contributed by atoms with Gasteiger partial charge in [-0.15, -0.1) is 0 Å². The van der Waals surface area contributed by atoms with Gasteiger partial charge in [0.05, 0.1) is 10.7 Å². The number of hydrazone groups is 1. The lowest BCUT2D eigenvalue weighted by atomic mass is 10.0. The number of benzene rings is 2. The van der Waals surface area contributed by atoms with E-state index in [2.05, 4.69) is 15.5 Å². The number of anilines is 1. The van der Waals surface area contributed by atoms with Gasteiger partial charge >= 0.3 is 0 Å². The zero-order valence-corrected chi connectivity index (χ0v) is 13.3. The number of halogens is 1. The summed E-state index contributed by atoms with van der Waals surface area (Å²) in [4.78, 5) is 4.14. The Morgan fingerprint density at radius 2 is 1.38 bits per heavy atom. The minimum Gasteiger partial charge on any atom is -0.508 e. The number of phenolic OH excluding ortho intramolecular Hbond substituents is 2. The summed E-state index contributed by atoms with van der Waals surface area (Å²) in [5.74, 6) is 0.904. The van der Waals surface area contributed by atoms with Gasteiger partial charge in [0.2, 0.25) is 0 Å². The molecular formula is C18H14ClN3O2. The maximum atomic E-state index is 9.47. The molecule has 2 aromatic carbocycles. The molecule has 5 nitrogen and oxygen atoms in total. The van der Waals surface area contributed by atoms with Crippen LogP contribution in [0.4, 0.5) is 5.82 Å². The Labute approximate surface area is 143 Å². The second-order valence-electron chi connectivity index (χ2n) is 5.03. The van der Waals surface area contributed by atoms with Gasteiger partial charge in [0.1, 0.15) is 17.3 Å². The fraction of sp³-hybridized carbons (Fsp3) is 0. The number of nitrogens with zero attached hydrogens (tertiary/aromatic N) is 2. The SMILES string of the molecule is Oc1ccc(C(=NNc2ccc(Cl)cn2)c2ccc(O)cc2)cc1. The molecule has 0 saturated carbocycles. The molecule has 1 heterocycles. The van der Waals surface area contributed by atoms with Crippen LogP contribution in [-0.4, -0.2) is 20.9 Å². The summed E-state index contributed by atoms with van der Waals surface area (Å²) >= 11 is 5.82. The Kier molecular flexibility index (Phi) is 4.63. The number of aromatic hydroxyl groups is 2. The fourth-order valence-corrected chi connectivity index (χ4v) is 2.20. The minimum atomic E-state index is 0.177. The zero-order chi connectivity index (χ0) is 16.9. The largest absolute Gasteiger partial charge is 0.508 e. The van der Waals surface area contributed by atoms with Crippen LogP contribution in [0.3, 0.4) is 0 Å². The van der Waals surface area contributed by atoms with Crippen LogP contribution < -0.4 is 5.43 Å². The number of hydrogen-bond donors (Lipinski definition) is 3. The van der Waals surface area contributed by atoms with Gasteiger partial charge in [-0.1, -0.05) is 11.6 Å². The molecule has 0 spiro atoms. The normalized spacial score (nSPS) is 10.2. The number of phenols is 2. The standard InChI is InChI=1S/C18H14ClN3O2/c19-14-5-10-17(20-11-14)21-22-18(12-1-6-15(23)7-2-12)13-3-8-16(24)9-4-13/h1-11,23-24H,(H,20,21). The molecule has 120 valence electrons. The summed E-state index contributed by atoms with van der Waals surface area (Å²) in [6.45, 7) is 0. The Morgan fingerprint density at radius 3 is 1.83 bits per heavy atom. The van der Waals surface area contributed by atoms with Crippen LogP contribution >= 0.6 is 11.6 Å². The molecular weight excluding hydrogens is 326 g/mol. The van der Waals surface area contributed by atoms with Gasteiger partial charge in [0.15, 0.2) is 0 Å². The molecule has 1 aromatic heterocycles. The number of aromatic nitrogens is 1. The smallest absolute Gasteiger partial charge is 0.146 e. The van der Waals surface area contributed by atoms with Crippen LogP contribution in [0.15, 0.2) is 72.0 Å².